The summed E-state index contributed by atoms with van der Waals surface area (Å²) in [7, 11) is 1.60. The molecule has 0 saturated heterocycles. The van der Waals surface area contributed by atoms with E-state index >= 15 is 0 Å². The van der Waals surface area contributed by atoms with Crippen LogP contribution in [0.1, 0.15) is 45.2 Å². The number of amides is 1. The minimum absolute atomic E-state index is 0.219. The topological polar surface area (TPSA) is 56.8 Å². The Morgan fingerprint density at radius 3 is 2.57 bits per heavy atom. The van der Waals surface area contributed by atoms with Gasteiger partial charge in [-0.1, -0.05) is 6.92 Å². The Balaban J connectivity index is 1.79. The van der Waals surface area contributed by atoms with Gasteiger partial charge in [0.05, 0.1) is 13.2 Å². The van der Waals surface area contributed by atoms with Gasteiger partial charge in [0.1, 0.15) is 28.7 Å². The van der Waals surface area contributed by atoms with E-state index in [1.54, 1.807) is 7.11 Å². The van der Waals surface area contributed by atoms with Gasteiger partial charge in [-0.3, -0.25) is 4.79 Å². The van der Waals surface area contributed by atoms with Gasteiger partial charge in [0.2, 0.25) is 0 Å². The lowest BCUT2D eigenvalue weighted by atomic mass is 9.89. The van der Waals surface area contributed by atoms with E-state index in [0.29, 0.717) is 24.3 Å². The smallest absolute Gasteiger partial charge is 0.261 e. The first-order valence-corrected chi connectivity index (χ1v) is 9.41. The van der Waals surface area contributed by atoms with Crippen LogP contribution in [0.25, 0.3) is 0 Å². The van der Waals surface area contributed by atoms with Crippen molar-refractivity contribution in [3.8, 4) is 17.2 Å². The number of benzene rings is 2. The summed E-state index contributed by atoms with van der Waals surface area (Å²) in [5, 5.41) is 3.09. The van der Waals surface area contributed by atoms with Gasteiger partial charge >= 0.3 is 0 Å². The first kappa shape index (κ1) is 20.0. The van der Waals surface area contributed by atoms with Crippen molar-refractivity contribution in [1.82, 2.24) is 5.32 Å². The highest BCUT2D eigenvalue weighted by Crippen LogP contribution is 2.41. The number of rotatable bonds is 6. The molecule has 1 heterocycles. The lowest BCUT2D eigenvalue weighted by Gasteiger charge is -2.38. The summed E-state index contributed by atoms with van der Waals surface area (Å²) >= 11 is 0. The highest BCUT2D eigenvalue weighted by atomic mass is 19.1. The second-order valence-corrected chi connectivity index (χ2v) is 7.50. The van der Waals surface area contributed by atoms with Gasteiger partial charge < -0.3 is 19.5 Å². The van der Waals surface area contributed by atoms with Gasteiger partial charge in [-0.25, -0.2) is 4.39 Å². The van der Waals surface area contributed by atoms with E-state index in [4.69, 9.17) is 14.2 Å². The maximum absolute atomic E-state index is 13.1. The van der Waals surface area contributed by atoms with Crippen molar-refractivity contribution in [1.29, 1.82) is 0 Å². The fraction of sp³-hybridized carbons (Fsp3) is 0.409. The first-order chi connectivity index (χ1) is 13.3. The van der Waals surface area contributed by atoms with Crippen molar-refractivity contribution in [2.45, 2.75) is 51.4 Å². The highest BCUT2D eigenvalue weighted by molar-refractivity contribution is 5.81. The number of methoxy groups -OCH3 is 1. The van der Waals surface area contributed by atoms with Crippen molar-refractivity contribution in [3.63, 3.8) is 0 Å². The van der Waals surface area contributed by atoms with Crippen LogP contribution in [0.4, 0.5) is 4.39 Å². The molecule has 3 rings (SSSR count). The minimum Gasteiger partial charge on any atom is -0.497 e. The summed E-state index contributed by atoms with van der Waals surface area (Å²) in [5.41, 5.74) is 0.461. The lowest BCUT2D eigenvalue weighted by molar-refractivity contribution is -0.129. The zero-order valence-corrected chi connectivity index (χ0v) is 16.6. The van der Waals surface area contributed by atoms with E-state index in [9.17, 15) is 9.18 Å². The molecule has 2 aromatic rings. The van der Waals surface area contributed by atoms with Crippen LogP contribution in [0.2, 0.25) is 0 Å². The molecule has 1 aliphatic rings. The molecule has 2 atom stereocenters. The van der Waals surface area contributed by atoms with Crippen molar-refractivity contribution >= 4 is 5.91 Å². The number of ether oxygens (including phenoxy) is 3. The quantitative estimate of drug-likeness (QED) is 0.798. The van der Waals surface area contributed by atoms with E-state index in [-0.39, 0.29) is 17.8 Å². The van der Waals surface area contributed by atoms with E-state index < -0.39 is 11.7 Å². The Kier molecular flexibility index (Phi) is 5.77. The molecule has 0 fully saturated rings. The maximum atomic E-state index is 13.1. The van der Waals surface area contributed by atoms with Gasteiger partial charge in [-0.2, -0.15) is 0 Å². The number of fused-ring (bicyclic) bond motifs is 1. The van der Waals surface area contributed by atoms with Crippen LogP contribution < -0.4 is 19.5 Å². The number of nitrogens with one attached hydrogen (secondary N) is 1. The summed E-state index contributed by atoms with van der Waals surface area (Å²) in [6.07, 6.45) is 0.428. The molecular weight excluding hydrogens is 361 g/mol. The van der Waals surface area contributed by atoms with Gasteiger partial charge in [-0.05, 0) is 62.7 Å². The second-order valence-electron chi connectivity index (χ2n) is 7.50. The molecule has 2 aromatic carbocycles. The van der Waals surface area contributed by atoms with Gasteiger partial charge in [0.15, 0.2) is 6.10 Å². The maximum Gasteiger partial charge on any atom is 0.261 e. The van der Waals surface area contributed by atoms with Crippen molar-refractivity contribution < 1.29 is 23.4 Å². The third-order valence-corrected chi connectivity index (χ3v) is 4.75. The van der Waals surface area contributed by atoms with Crippen LogP contribution in [0, 0.1) is 5.82 Å². The Bertz CT molecular complexity index is 835. The Morgan fingerprint density at radius 1 is 1.25 bits per heavy atom. The SMILES string of the molecule is CC[C@H](Oc1ccc(F)cc1)C(=O)N[C@@H]1CC(C)(C)Oc2ccc(OC)cc21. The van der Waals surface area contributed by atoms with Crippen molar-refractivity contribution in [3.05, 3.63) is 53.8 Å². The zero-order chi connectivity index (χ0) is 20.3. The van der Waals surface area contributed by atoms with E-state index in [2.05, 4.69) is 5.32 Å². The van der Waals surface area contributed by atoms with Gasteiger partial charge in [-0.15, -0.1) is 0 Å². The molecule has 0 radical (unpaired) electrons. The fourth-order valence-corrected chi connectivity index (χ4v) is 3.35. The molecule has 28 heavy (non-hydrogen) atoms. The van der Waals surface area contributed by atoms with Crippen LogP contribution in [0.15, 0.2) is 42.5 Å². The molecule has 1 aliphatic heterocycles. The summed E-state index contributed by atoms with van der Waals surface area (Å²) < 4.78 is 30.2. The van der Waals surface area contributed by atoms with Crippen LogP contribution in [-0.4, -0.2) is 24.7 Å². The third kappa shape index (κ3) is 4.55. The van der Waals surface area contributed by atoms with Crippen molar-refractivity contribution in [2.75, 3.05) is 7.11 Å². The molecule has 0 bridgehead atoms. The van der Waals surface area contributed by atoms with E-state index in [1.807, 2.05) is 39.0 Å². The molecular formula is C22H26FNO4. The Labute approximate surface area is 164 Å². The molecule has 0 unspecified atom stereocenters. The van der Waals surface area contributed by atoms with Crippen molar-refractivity contribution in [2.24, 2.45) is 0 Å². The largest absolute Gasteiger partial charge is 0.497 e. The third-order valence-electron chi connectivity index (χ3n) is 4.75. The first-order valence-electron chi connectivity index (χ1n) is 9.41. The van der Waals surface area contributed by atoms with Gasteiger partial charge in [0.25, 0.3) is 5.91 Å². The summed E-state index contributed by atoms with van der Waals surface area (Å²) in [5.74, 6) is 1.33. The molecule has 150 valence electrons. The predicted octanol–water partition coefficient (Wildman–Crippen LogP) is 4.41. The molecule has 0 spiro atoms. The van der Waals surface area contributed by atoms with Crippen LogP contribution in [0.3, 0.4) is 0 Å². The standard InChI is InChI=1S/C22H26FNO4/c1-5-19(27-15-8-6-14(23)7-9-15)21(25)24-18-13-22(2,3)28-20-11-10-16(26-4)12-17(18)20/h6-12,18-19H,5,13H2,1-4H3,(H,24,25)/t18-,19+/m1/s1. The monoisotopic (exact) mass is 387 g/mol. The second kappa shape index (κ2) is 8.09. The number of carbonyl (C=O) groups excluding carboxylic acids is 1. The number of hydrogen-bond acceptors (Lipinski definition) is 4. The van der Waals surface area contributed by atoms with Crippen LogP contribution in [0.5, 0.6) is 17.2 Å². The molecule has 0 aromatic heterocycles. The normalized spacial score (nSPS) is 18.4. The zero-order valence-electron chi connectivity index (χ0n) is 16.6. The molecule has 1 amide bonds. The van der Waals surface area contributed by atoms with E-state index in [0.717, 1.165) is 11.3 Å². The fourth-order valence-electron chi connectivity index (χ4n) is 3.35. The number of hydrogen-bond donors (Lipinski definition) is 1. The minimum atomic E-state index is -0.675. The van der Waals surface area contributed by atoms with Crippen LogP contribution in [-0.2, 0) is 4.79 Å². The number of halogens is 1. The molecule has 1 N–H and O–H groups in total. The number of carbonyl (C=O) groups is 1. The summed E-state index contributed by atoms with van der Waals surface area (Å²) in [6, 6.07) is 11.0. The van der Waals surface area contributed by atoms with E-state index in [1.165, 1.54) is 24.3 Å². The lowest BCUT2D eigenvalue weighted by Crippen LogP contribution is -2.45. The average Bonchev–Trinajstić information content (AvgIpc) is 2.66. The average molecular weight is 387 g/mol. The predicted molar refractivity (Wildman–Crippen MR) is 104 cm³/mol. The summed E-state index contributed by atoms with van der Waals surface area (Å²) in [6.45, 7) is 5.86. The summed E-state index contributed by atoms with van der Waals surface area (Å²) in [4.78, 5) is 12.9. The molecule has 0 saturated carbocycles. The van der Waals surface area contributed by atoms with Gasteiger partial charge in [0, 0.05) is 12.0 Å². The highest BCUT2D eigenvalue weighted by Gasteiger charge is 2.36. The Morgan fingerprint density at radius 2 is 1.93 bits per heavy atom. The van der Waals surface area contributed by atoms with Crippen LogP contribution >= 0.6 is 0 Å². The molecule has 5 nitrogen and oxygen atoms in total. The molecule has 0 aliphatic carbocycles. The Hall–Kier alpha value is -2.76. The molecule has 6 heteroatoms.